The second kappa shape index (κ2) is 5.71. The van der Waals surface area contributed by atoms with E-state index in [1.807, 2.05) is 0 Å². The molecular formula is C13H12F5NO3. The number of halogens is 5. The molecule has 2 atom stereocenters. The Kier molecular flexibility index (Phi) is 4.28. The minimum absolute atomic E-state index is 0.0440. The van der Waals surface area contributed by atoms with E-state index in [1.54, 1.807) is 0 Å². The fraction of sp³-hybridized carbons (Fsp3) is 0.462. The van der Waals surface area contributed by atoms with Crippen LogP contribution in [0.5, 0.6) is 0 Å². The highest BCUT2D eigenvalue weighted by Crippen LogP contribution is 2.35. The third-order valence-corrected chi connectivity index (χ3v) is 3.40. The molecule has 0 saturated carbocycles. The van der Waals surface area contributed by atoms with Gasteiger partial charge in [-0.25, -0.2) is 13.6 Å². The number of aromatic carboxylic acids is 1. The maximum atomic E-state index is 13.7. The van der Waals surface area contributed by atoms with Crippen molar-refractivity contribution < 1.29 is 36.6 Å². The number of alkyl halides is 3. The van der Waals surface area contributed by atoms with Crippen LogP contribution in [-0.4, -0.2) is 42.5 Å². The number of anilines is 1. The van der Waals surface area contributed by atoms with Gasteiger partial charge in [0.05, 0.1) is 12.7 Å². The zero-order chi connectivity index (χ0) is 16.7. The minimum Gasteiger partial charge on any atom is -0.477 e. The number of carbonyl (C=O) groups is 1. The SMILES string of the molecule is C[C@H]1OCCN(c2cc(F)c(C(=O)O)c(F)c2)[C@H]1C(F)(F)F. The Morgan fingerprint density at radius 1 is 1.32 bits per heavy atom. The van der Waals surface area contributed by atoms with Gasteiger partial charge in [0.2, 0.25) is 0 Å². The first kappa shape index (κ1) is 16.5. The number of nitrogens with zero attached hydrogens (tertiary/aromatic N) is 1. The second-order valence-corrected chi connectivity index (χ2v) is 4.85. The molecule has 2 rings (SSSR count). The quantitative estimate of drug-likeness (QED) is 0.850. The van der Waals surface area contributed by atoms with Crippen LogP contribution in [0.4, 0.5) is 27.6 Å². The van der Waals surface area contributed by atoms with Crippen LogP contribution in [0.25, 0.3) is 0 Å². The van der Waals surface area contributed by atoms with Crippen molar-refractivity contribution in [2.45, 2.75) is 25.2 Å². The summed E-state index contributed by atoms with van der Waals surface area (Å²) in [5, 5.41) is 8.68. The molecule has 1 aromatic carbocycles. The van der Waals surface area contributed by atoms with Crippen molar-refractivity contribution in [2.24, 2.45) is 0 Å². The van der Waals surface area contributed by atoms with Crippen LogP contribution in [-0.2, 0) is 4.74 Å². The molecule has 22 heavy (non-hydrogen) atoms. The molecule has 1 aliphatic heterocycles. The van der Waals surface area contributed by atoms with Crippen molar-refractivity contribution in [3.63, 3.8) is 0 Å². The highest BCUT2D eigenvalue weighted by molar-refractivity contribution is 5.88. The number of hydrogen-bond acceptors (Lipinski definition) is 3. The van der Waals surface area contributed by atoms with Gasteiger partial charge in [0.1, 0.15) is 17.2 Å². The number of carboxylic acid groups (broad SMARTS) is 1. The van der Waals surface area contributed by atoms with Gasteiger partial charge in [0.25, 0.3) is 0 Å². The molecule has 0 amide bonds. The van der Waals surface area contributed by atoms with Crippen molar-refractivity contribution >= 4 is 11.7 Å². The van der Waals surface area contributed by atoms with Gasteiger partial charge in [-0.05, 0) is 19.1 Å². The third-order valence-electron chi connectivity index (χ3n) is 3.40. The first-order valence-corrected chi connectivity index (χ1v) is 6.30. The van der Waals surface area contributed by atoms with Crippen molar-refractivity contribution in [1.29, 1.82) is 0 Å². The maximum absolute atomic E-state index is 13.7. The van der Waals surface area contributed by atoms with E-state index in [2.05, 4.69) is 0 Å². The van der Waals surface area contributed by atoms with Crippen LogP contribution >= 0.6 is 0 Å². The molecule has 9 heteroatoms. The lowest BCUT2D eigenvalue weighted by molar-refractivity contribution is -0.183. The predicted molar refractivity (Wildman–Crippen MR) is 65.9 cm³/mol. The molecule has 0 radical (unpaired) electrons. The smallest absolute Gasteiger partial charge is 0.411 e. The number of hydrogen-bond donors (Lipinski definition) is 1. The van der Waals surface area contributed by atoms with Crippen molar-refractivity contribution in [3.05, 3.63) is 29.3 Å². The van der Waals surface area contributed by atoms with Gasteiger partial charge in [-0.15, -0.1) is 0 Å². The summed E-state index contributed by atoms with van der Waals surface area (Å²) in [6.45, 7) is 0.945. The first-order valence-electron chi connectivity index (χ1n) is 6.30. The number of carboxylic acids is 1. The molecule has 0 aliphatic carbocycles. The molecule has 122 valence electrons. The molecule has 0 spiro atoms. The zero-order valence-corrected chi connectivity index (χ0v) is 11.3. The Bertz CT molecular complexity index is 567. The average Bonchev–Trinajstić information content (AvgIpc) is 2.35. The maximum Gasteiger partial charge on any atom is 0.411 e. The standard InChI is InChI=1S/C13H12F5NO3/c1-6-11(13(16,17)18)19(2-3-22-6)7-4-8(14)10(12(20)21)9(15)5-7/h4-6,11H,2-3H2,1H3,(H,20,21)/t6-,11-/m1/s1. The third kappa shape index (κ3) is 2.99. The Morgan fingerprint density at radius 3 is 2.32 bits per heavy atom. The highest BCUT2D eigenvalue weighted by Gasteiger charge is 2.49. The molecule has 0 unspecified atom stereocenters. The zero-order valence-electron chi connectivity index (χ0n) is 11.3. The topological polar surface area (TPSA) is 49.8 Å². The van der Waals surface area contributed by atoms with E-state index >= 15 is 0 Å². The lowest BCUT2D eigenvalue weighted by Gasteiger charge is -2.42. The van der Waals surface area contributed by atoms with Gasteiger partial charge in [-0.3, -0.25) is 0 Å². The minimum atomic E-state index is -4.67. The van der Waals surface area contributed by atoms with E-state index < -0.39 is 41.5 Å². The summed E-state index contributed by atoms with van der Waals surface area (Å²) in [6.07, 6.45) is -5.89. The lowest BCUT2D eigenvalue weighted by atomic mass is 10.1. The van der Waals surface area contributed by atoms with E-state index in [0.717, 1.165) is 4.90 Å². The summed E-state index contributed by atoms with van der Waals surface area (Å²) < 4.78 is 71.7. The molecule has 0 aromatic heterocycles. The van der Waals surface area contributed by atoms with Crippen LogP contribution in [0.15, 0.2) is 12.1 Å². The summed E-state index contributed by atoms with van der Waals surface area (Å²) in [5.41, 5.74) is -1.58. The molecule has 1 N–H and O–H groups in total. The number of ether oxygens (including phenoxy) is 1. The fourth-order valence-corrected chi connectivity index (χ4v) is 2.48. The Hall–Kier alpha value is -1.90. The molecule has 4 nitrogen and oxygen atoms in total. The molecule has 1 heterocycles. The largest absolute Gasteiger partial charge is 0.477 e. The Labute approximate surface area is 122 Å². The Morgan fingerprint density at radius 2 is 1.86 bits per heavy atom. The van der Waals surface area contributed by atoms with Crippen LogP contribution in [0.1, 0.15) is 17.3 Å². The molecule has 1 aliphatic rings. The summed E-state index contributed by atoms with van der Waals surface area (Å²) in [5.74, 6) is -4.69. The van der Waals surface area contributed by atoms with Crippen LogP contribution < -0.4 is 4.90 Å². The van der Waals surface area contributed by atoms with Gasteiger partial charge in [-0.1, -0.05) is 0 Å². The molecule has 0 bridgehead atoms. The van der Waals surface area contributed by atoms with E-state index in [-0.39, 0.29) is 18.8 Å². The molecule has 1 fully saturated rings. The molecule has 1 saturated heterocycles. The number of morpholine rings is 1. The first-order chi connectivity index (χ1) is 10.1. The normalized spacial score (nSPS) is 22.7. The van der Waals surface area contributed by atoms with Crippen molar-refractivity contribution in [2.75, 3.05) is 18.1 Å². The number of rotatable bonds is 2. The molecular weight excluding hydrogens is 313 g/mol. The predicted octanol–water partition coefficient (Wildman–Crippen LogP) is 2.82. The summed E-state index contributed by atoms with van der Waals surface area (Å²) in [7, 11) is 0. The lowest BCUT2D eigenvalue weighted by Crippen LogP contribution is -2.57. The van der Waals surface area contributed by atoms with Crippen LogP contribution in [0.3, 0.4) is 0 Å². The van der Waals surface area contributed by atoms with Gasteiger partial charge in [0.15, 0.2) is 6.04 Å². The van der Waals surface area contributed by atoms with Crippen LogP contribution in [0.2, 0.25) is 0 Å². The number of benzene rings is 1. The van der Waals surface area contributed by atoms with Crippen molar-refractivity contribution in [3.8, 4) is 0 Å². The summed E-state index contributed by atoms with van der Waals surface area (Å²) in [6, 6.07) is -0.900. The molecule has 1 aromatic rings. The van der Waals surface area contributed by atoms with E-state index in [4.69, 9.17) is 9.84 Å². The van der Waals surface area contributed by atoms with Gasteiger partial charge < -0.3 is 14.7 Å². The van der Waals surface area contributed by atoms with Crippen molar-refractivity contribution in [1.82, 2.24) is 0 Å². The summed E-state index contributed by atoms with van der Waals surface area (Å²) in [4.78, 5) is 11.5. The average molecular weight is 325 g/mol. The van der Waals surface area contributed by atoms with Gasteiger partial charge >= 0.3 is 12.1 Å². The monoisotopic (exact) mass is 325 g/mol. The van der Waals surface area contributed by atoms with E-state index in [0.29, 0.717) is 12.1 Å². The fourth-order valence-electron chi connectivity index (χ4n) is 2.48. The Balaban J connectivity index is 2.47. The van der Waals surface area contributed by atoms with E-state index in [1.165, 1.54) is 6.92 Å². The van der Waals surface area contributed by atoms with Gasteiger partial charge in [-0.2, -0.15) is 13.2 Å². The highest BCUT2D eigenvalue weighted by atomic mass is 19.4. The van der Waals surface area contributed by atoms with E-state index in [9.17, 15) is 26.7 Å². The summed E-state index contributed by atoms with van der Waals surface area (Å²) >= 11 is 0. The second-order valence-electron chi connectivity index (χ2n) is 4.85. The van der Waals surface area contributed by atoms with Crippen LogP contribution in [0, 0.1) is 11.6 Å². The van der Waals surface area contributed by atoms with Gasteiger partial charge in [0, 0.05) is 12.2 Å².